The van der Waals surface area contributed by atoms with E-state index >= 15 is 0 Å². The summed E-state index contributed by atoms with van der Waals surface area (Å²) in [5, 5.41) is 6.11. The van der Waals surface area contributed by atoms with Crippen molar-refractivity contribution in [1.82, 2.24) is 20.1 Å². The van der Waals surface area contributed by atoms with Crippen LogP contribution in [0, 0.1) is 5.82 Å². The molecular formula is C19H23FN4OS. The van der Waals surface area contributed by atoms with Crippen LogP contribution in [0.15, 0.2) is 29.6 Å². The first-order valence-electron chi connectivity index (χ1n) is 9.12. The van der Waals surface area contributed by atoms with Crippen LogP contribution < -0.4 is 5.32 Å². The van der Waals surface area contributed by atoms with E-state index in [1.54, 1.807) is 12.1 Å². The first kappa shape index (κ1) is 17.6. The zero-order chi connectivity index (χ0) is 17.9. The van der Waals surface area contributed by atoms with Crippen LogP contribution in [0.25, 0.3) is 0 Å². The molecule has 2 aromatic rings. The fourth-order valence-electron chi connectivity index (χ4n) is 3.70. The SMILES string of the molecule is O=C(c1csc(Cc2ccc(F)cc2)n1)N1CCC(N2CCNCC2)C1. The first-order chi connectivity index (χ1) is 12.7. The van der Waals surface area contributed by atoms with Crippen LogP contribution in [0.5, 0.6) is 0 Å². The lowest BCUT2D eigenvalue weighted by Gasteiger charge is -2.32. The predicted molar refractivity (Wildman–Crippen MR) is 100 cm³/mol. The summed E-state index contributed by atoms with van der Waals surface area (Å²) < 4.78 is 13.0. The second-order valence-electron chi connectivity index (χ2n) is 6.91. The lowest BCUT2D eigenvalue weighted by atomic mass is 10.1. The average molecular weight is 374 g/mol. The number of nitrogens with zero attached hydrogens (tertiary/aromatic N) is 3. The van der Waals surface area contributed by atoms with Gasteiger partial charge in [0.05, 0.1) is 5.01 Å². The third-order valence-electron chi connectivity index (χ3n) is 5.16. The normalized spacial score (nSPS) is 21.3. The van der Waals surface area contributed by atoms with Crippen molar-refractivity contribution in [3.05, 3.63) is 51.7 Å². The molecule has 138 valence electrons. The molecule has 1 aromatic carbocycles. The van der Waals surface area contributed by atoms with E-state index in [2.05, 4.69) is 15.2 Å². The highest BCUT2D eigenvalue weighted by Crippen LogP contribution is 2.21. The largest absolute Gasteiger partial charge is 0.336 e. The van der Waals surface area contributed by atoms with Gasteiger partial charge in [-0.15, -0.1) is 11.3 Å². The number of benzene rings is 1. The Morgan fingerprint density at radius 2 is 2.00 bits per heavy atom. The minimum Gasteiger partial charge on any atom is -0.336 e. The predicted octanol–water partition coefficient (Wildman–Crippen LogP) is 1.99. The molecule has 1 amide bonds. The first-order valence-corrected chi connectivity index (χ1v) is 10.00. The van der Waals surface area contributed by atoms with E-state index in [1.807, 2.05) is 10.3 Å². The zero-order valence-electron chi connectivity index (χ0n) is 14.7. The topological polar surface area (TPSA) is 48.5 Å². The van der Waals surface area contributed by atoms with Gasteiger partial charge in [0, 0.05) is 57.1 Å². The molecule has 1 atom stereocenters. The van der Waals surface area contributed by atoms with Gasteiger partial charge in [0.15, 0.2) is 0 Å². The molecule has 2 saturated heterocycles. The molecule has 2 fully saturated rings. The lowest BCUT2D eigenvalue weighted by molar-refractivity contribution is 0.0768. The van der Waals surface area contributed by atoms with Gasteiger partial charge in [0.2, 0.25) is 0 Å². The zero-order valence-corrected chi connectivity index (χ0v) is 15.5. The summed E-state index contributed by atoms with van der Waals surface area (Å²) in [5.74, 6) is -0.207. The molecular weight excluding hydrogens is 351 g/mol. The maximum absolute atomic E-state index is 13.0. The van der Waals surface area contributed by atoms with Crippen LogP contribution in [0.1, 0.15) is 27.5 Å². The van der Waals surface area contributed by atoms with Crippen LogP contribution in [-0.2, 0) is 6.42 Å². The Hall–Kier alpha value is -1.83. The van der Waals surface area contributed by atoms with E-state index in [1.165, 1.54) is 23.5 Å². The van der Waals surface area contributed by atoms with E-state index in [0.717, 1.165) is 56.3 Å². The molecule has 2 aliphatic rings. The van der Waals surface area contributed by atoms with Crippen molar-refractivity contribution >= 4 is 17.2 Å². The second-order valence-corrected chi connectivity index (χ2v) is 7.85. The van der Waals surface area contributed by atoms with Crippen molar-refractivity contribution < 1.29 is 9.18 Å². The highest BCUT2D eigenvalue weighted by Gasteiger charge is 2.32. The molecule has 0 radical (unpaired) electrons. The van der Waals surface area contributed by atoms with Crippen LogP contribution in [0.2, 0.25) is 0 Å². The molecule has 3 heterocycles. The van der Waals surface area contributed by atoms with E-state index in [0.29, 0.717) is 18.2 Å². The van der Waals surface area contributed by atoms with Crippen molar-refractivity contribution in [1.29, 1.82) is 0 Å². The maximum Gasteiger partial charge on any atom is 0.273 e. The Labute approximate surface area is 156 Å². The number of hydrogen-bond donors (Lipinski definition) is 1. The Bertz CT molecular complexity index is 757. The number of likely N-dealkylation sites (tertiary alicyclic amines) is 1. The van der Waals surface area contributed by atoms with Crippen LogP contribution in [0.4, 0.5) is 4.39 Å². The van der Waals surface area contributed by atoms with E-state index in [9.17, 15) is 9.18 Å². The van der Waals surface area contributed by atoms with Crippen molar-refractivity contribution in [2.75, 3.05) is 39.3 Å². The summed E-state index contributed by atoms with van der Waals surface area (Å²) in [5.41, 5.74) is 1.53. The molecule has 0 aliphatic carbocycles. The molecule has 7 heteroatoms. The second kappa shape index (κ2) is 7.82. The lowest BCUT2D eigenvalue weighted by Crippen LogP contribution is -2.49. The molecule has 0 saturated carbocycles. The van der Waals surface area contributed by atoms with Gasteiger partial charge >= 0.3 is 0 Å². The van der Waals surface area contributed by atoms with Crippen molar-refractivity contribution in [2.45, 2.75) is 18.9 Å². The van der Waals surface area contributed by atoms with Gasteiger partial charge in [-0.1, -0.05) is 12.1 Å². The molecule has 0 bridgehead atoms. The summed E-state index contributed by atoms with van der Waals surface area (Å²) in [6, 6.07) is 6.90. The van der Waals surface area contributed by atoms with Gasteiger partial charge in [-0.2, -0.15) is 0 Å². The summed E-state index contributed by atoms with van der Waals surface area (Å²) in [6.07, 6.45) is 1.67. The summed E-state index contributed by atoms with van der Waals surface area (Å²) >= 11 is 1.49. The van der Waals surface area contributed by atoms with E-state index < -0.39 is 0 Å². The molecule has 26 heavy (non-hydrogen) atoms. The van der Waals surface area contributed by atoms with Crippen molar-refractivity contribution in [3.8, 4) is 0 Å². The number of amides is 1. The Morgan fingerprint density at radius 1 is 1.23 bits per heavy atom. The molecule has 5 nitrogen and oxygen atoms in total. The van der Waals surface area contributed by atoms with E-state index in [-0.39, 0.29) is 11.7 Å². The molecule has 1 aromatic heterocycles. The summed E-state index contributed by atoms with van der Waals surface area (Å²) in [6.45, 7) is 5.78. The van der Waals surface area contributed by atoms with Crippen molar-refractivity contribution in [2.24, 2.45) is 0 Å². The third kappa shape index (κ3) is 3.95. The Kier molecular flexibility index (Phi) is 5.28. The highest BCUT2D eigenvalue weighted by atomic mass is 32.1. The number of halogens is 1. The van der Waals surface area contributed by atoms with Crippen LogP contribution in [-0.4, -0.2) is 66.0 Å². The van der Waals surface area contributed by atoms with Gasteiger partial charge in [0.1, 0.15) is 11.5 Å². The van der Waals surface area contributed by atoms with Crippen LogP contribution in [0.3, 0.4) is 0 Å². The fourth-order valence-corrected chi connectivity index (χ4v) is 4.50. The van der Waals surface area contributed by atoms with E-state index in [4.69, 9.17) is 0 Å². The fraction of sp³-hybridized carbons (Fsp3) is 0.474. The average Bonchev–Trinajstić information content (AvgIpc) is 3.34. The van der Waals surface area contributed by atoms with Crippen LogP contribution >= 0.6 is 11.3 Å². The molecule has 1 N–H and O–H groups in total. The van der Waals surface area contributed by atoms with Gasteiger partial charge in [-0.05, 0) is 24.1 Å². The standard InChI is InChI=1S/C19H23FN4OS/c20-15-3-1-14(2-4-15)11-18-22-17(13-26-18)19(25)24-8-5-16(12-24)23-9-6-21-7-10-23/h1-4,13,16,21H,5-12H2. The number of aromatic nitrogens is 1. The number of rotatable bonds is 4. The van der Waals surface area contributed by atoms with Gasteiger partial charge < -0.3 is 10.2 Å². The van der Waals surface area contributed by atoms with Gasteiger partial charge in [-0.3, -0.25) is 9.69 Å². The molecule has 1 unspecified atom stereocenters. The summed E-state index contributed by atoms with van der Waals surface area (Å²) in [7, 11) is 0. The Morgan fingerprint density at radius 3 is 2.77 bits per heavy atom. The molecule has 0 spiro atoms. The number of carbonyl (C=O) groups excluding carboxylic acids is 1. The number of thiazole rings is 1. The smallest absolute Gasteiger partial charge is 0.273 e. The number of nitrogens with one attached hydrogen (secondary N) is 1. The Balaban J connectivity index is 1.36. The molecule has 2 aliphatic heterocycles. The number of piperazine rings is 1. The third-order valence-corrected chi connectivity index (χ3v) is 6.01. The minimum atomic E-state index is -0.239. The van der Waals surface area contributed by atoms with Gasteiger partial charge in [-0.25, -0.2) is 9.37 Å². The van der Waals surface area contributed by atoms with Gasteiger partial charge in [0.25, 0.3) is 5.91 Å². The monoisotopic (exact) mass is 374 g/mol. The quantitative estimate of drug-likeness (QED) is 0.889. The molecule has 4 rings (SSSR count). The maximum atomic E-state index is 13.0. The van der Waals surface area contributed by atoms with Crippen molar-refractivity contribution in [3.63, 3.8) is 0 Å². The minimum absolute atomic E-state index is 0.0317. The number of carbonyl (C=O) groups is 1. The number of hydrogen-bond acceptors (Lipinski definition) is 5. The summed E-state index contributed by atoms with van der Waals surface area (Å²) in [4.78, 5) is 21.7. The highest BCUT2D eigenvalue weighted by molar-refractivity contribution is 7.09.